The minimum absolute atomic E-state index is 0.356. The van der Waals surface area contributed by atoms with Crippen LogP contribution in [0.1, 0.15) is 104 Å². The van der Waals surface area contributed by atoms with E-state index < -0.39 is 0 Å². The molecule has 0 aromatic carbocycles. The molecule has 1 heterocycles. The van der Waals surface area contributed by atoms with Crippen LogP contribution in [0.5, 0.6) is 0 Å². The van der Waals surface area contributed by atoms with Crippen molar-refractivity contribution in [1.82, 2.24) is 0 Å². The largest absolute Gasteiger partial charge is 0.373 e. The van der Waals surface area contributed by atoms with Gasteiger partial charge >= 0.3 is 0 Å². The van der Waals surface area contributed by atoms with Gasteiger partial charge in [-0.1, -0.05) is 52.4 Å². The first-order valence-electron chi connectivity index (χ1n) is 9.93. The Morgan fingerprint density at radius 1 is 0.652 bits per heavy atom. The van der Waals surface area contributed by atoms with Crippen molar-refractivity contribution in [3.05, 3.63) is 0 Å². The molecule has 1 heteroatoms. The second kappa shape index (κ2) is 14.7. The first-order valence-corrected chi connectivity index (χ1v) is 9.93. The van der Waals surface area contributed by atoms with E-state index in [9.17, 15) is 0 Å². The molecule has 1 rings (SSSR count). The van der Waals surface area contributed by atoms with Crippen LogP contribution in [0.15, 0.2) is 0 Å². The minimum Gasteiger partial charge on any atom is -0.373 e. The molecule has 0 aliphatic carbocycles. The molecule has 0 unspecified atom stereocenters. The lowest BCUT2D eigenvalue weighted by atomic mass is 10.1. The van der Waals surface area contributed by atoms with Crippen molar-refractivity contribution < 1.29 is 4.74 Å². The van der Waals surface area contributed by atoms with Gasteiger partial charge in [0.1, 0.15) is 0 Å². The van der Waals surface area contributed by atoms with Crippen LogP contribution in [0, 0.1) is 23.7 Å². The van der Waals surface area contributed by atoms with Gasteiger partial charge in [-0.3, -0.25) is 0 Å². The van der Waals surface area contributed by atoms with Crippen molar-refractivity contribution in [2.45, 2.75) is 116 Å². The van der Waals surface area contributed by atoms with Gasteiger partial charge in [0.25, 0.3) is 0 Å². The third-order valence-corrected chi connectivity index (χ3v) is 4.42. The second-order valence-corrected chi connectivity index (χ2v) is 6.69. The Morgan fingerprint density at radius 2 is 1.13 bits per heavy atom. The van der Waals surface area contributed by atoms with Gasteiger partial charge in [-0.2, -0.15) is 0 Å². The third-order valence-electron chi connectivity index (χ3n) is 4.42. The van der Waals surface area contributed by atoms with E-state index in [0.29, 0.717) is 12.2 Å². The summed E-state index contributed by atoms with van der Waals surface area (Å²) in [6.45, 7) is 4.49. The van der Waals surface area contributed by atoms with Gasteiger partial charge in [-0.05, 0) is 25.7 Å². The Balaban J connectivity index is 2.02. The fourth-order valence-corrected chi connectivity index (χ4v) is 2.91. The van der Waals surface area contributed by atoms with E-state index in [4.69, 9.17) is 4.74 Å². The zero-order chi connectivity index (χ0) is 16.6. The van der Waals surface area contributed by atoms with Gasteiger partial charge in [-0.15, -0.1) is 23.7 Å². The van der Waals surface area contributed by atoms with Gasteiger partial charge in [0.15, 0.2) is 0 Å². The number of hydrogen-bond acceptors (Lipinski definition) is 1. The molecule has 1 nitrogen and oxygen atoms in total. The maximum Gasteiger partial charge on any atom is 0.0689 e. The molecule has 0 radical (unpaired) electrons. The number of hydrogen-bond donors (Lipinski definition) is 0. The molecule has 1 fully saturated rings. The topological polar surface area (TPSA) is 9.23 Å². The smallest absolute Gasteiger partial charge is 0.0689 e. The highest BCUT2D eigenvalue weighted by atomic mass is 16.5. The molecule has 130 valence electrons. The van der Waals surface area contributed by atoms with Crippen molar-refractivity contribution in [1.29, 1.82) is 0 Å². The molecule has 1 saturated heterocycles. The average molecular weight is 317 g/mol. The van der Waals surface area contributed by atoms with E-state index in [1.807, 2.05) is 0 Å². The molecule has 1 aliphatic heterocycles. The van der Waals surface area contributed by atoms with Gasteiger partial charge < -0.3 is 4.74 Å². The van der Waals surface area contributed by atoms with Crippen LogP contribution in [0.3, 0.4) is 0 Å². The second-order valence-electron chi connectivity index (χ2n) is 6.69. The van der Waals surface area contributed by atoms with Crippen LogP contribution in [-0.4, -0.2) is 12.2 Å². The van der Waals surface area contributed by atoms with Gasteiger partial charge in [-0.25, -0.2) is 0 Å². The van der Waals surface area contributed by atoms with Crippen LogP contribution in [0.2, 0.25) is 0 Å². The predicted molar refractivity (Wildman–Crippen MR) is 100 cm³/mol. The van der Waals surface area contributed by atoms with E-state index in [-0.39, 0.29) is 0 Å². The number of ether oxygens (including phenoxy) is 1. The highest BCUT2D eigenvalue weighted by Crippen LogP contribution is 2.23. The first-order chi connectivity index (χ1) is 11.4. The minimum atomic E-state index is 0.356. The Bertz CT molecular complexity index is 352. The van der Waals surface area contributed by atoms with Gasteiger partial charge in [0, 0.05) is 25.7 Å². The molecule has 0 N–H and O–H groups in total. The molecule has 0 aromatic heterocycles. The lowest BCUT2D eigenvalue weighted by Crippen LogP contribution is -2.09. The monoisotopic (exact) mass is 316 g/mol. The molecule has 1 aliphatic rings. The fraction of sp³-hybridized carbons (Fsp3) is 0.818. The maximum absolute atomic E-state index is 6.05. The zero-order valence-electron chi connectivity index (χ0n) is 15.5. The summed E-state index contributed by atoms with van der Waals surface area (Å²) in [5, 5.41) is 0. The van der Waals surface area contributed by atoms with Crippen molar-refractivity contribution in [3.63, 3.8) is 0 Å². The Morgan fingerprint density at radius 3 is 1.57 bits per heavy atom. The van der Waals surface area contributed by atoms with Crippen LogP contribution >= 0.6 is 0 Å². The van der Waals surface area contributed by atoms with Crippen molar-refractivity contribution >= 4 is 0 Å². The van der Waals surface area contributed by atoms with Crippen LogP contribution in [-0.2, 0) is 4.74 Å². The summed E-state index contributed by atoms with van der Waals surface area (Å²) < 4.78 is 6.05. The summed E-state index contributed by atoms with van der Waals surface area (Å²) >= 11 is 0. The summed E-state index contributed by atoms with van der Waals surface area (Å²) in [5.41, 5.74) is 0. The Kier molecular flexibility index (Phi) is 12.8. The normalized spacial score (nSPS) is 19.7. The summed E-state index contributed by atoms with van der Waals surface area (Å²) in [6, 6.07) is 0. The highest BCUT2D eigenvalue weighted by molar-refractivity contribution is 5.03. The average Bonchev–Trinajstić information content (AvgIpc) is 3.01. The fourth-order valence-electron chi connectivity index (χ4n) is 2.91. The predicted octanol–water partition coefficient (Wildman–Crippen LogP) is 6.26. The molecule has 0 saturated carbocycles. The van der Waals surface area contributed by atoms with Gasteiger partial charge in [0.05, 0.1) is 12.2 Å². The quantitative estimate of drug-likeness (QED) is 0.341. The summed E-state index contributed by atoms with van der Waals surface area (Å²) in [4.78, 5) is 0. The SMILES string of the molecule is CCCCCCC#CC[C@@H]1CC[C@@H](CC#CCCCCCC)O1. The van der Waals surface area contributed by atoms with E-state index in [1.165, 1.54) is 51.4 Å². The van der Waals surface area contributed by atoms with Crippen molar-refractivity contribution in [2.75, 3.05) is 0 Å². The van der Waals surface area contributed by atoms with Crippen LogP contribution < -0.4 is 0 Å². The maximum atomic E-state index is 6.05. The van der Waals surface area contributed by atoms with E-state index in [0.717, 1.165) is 38.5 Å². The summed E-state index contributed by atoms with van der Waals surface area (Å²) in [6.07, 6.45) is 17.4. The lowest BCUT2D eigenvalue weighted by Gasteiger charge is -2.08. The molecule has 0 amide bonds. The number of rotatable bonds is 10. The standard InChI is InChI=1S/C22H36O/c1-3-5-7-9-11-13-15-17-21-19-20-22(23-21)18-16-14-12-10-8-6-4-2/h21-22H,3-12,17-20H2,1-2H3/t21-,22-/m1/s1. The zero-order valence-corrected chi connectivity index (χ0v) is 15.5. The van der Waals surface area contributed by atoms with Crippen molar-refractivity contribution in [2.24, 2.45) is 0 Å². The number of unbranched alkanes of at least 4 members (excludes halogenated alkanes) is 8. The third kappa shape index (κ3) is 11.3. The first kappa shape index (κ1) is 20.1. The summed E-state index contributed by atoms with van der Waals surface area (Å²) in [7, 11) is 0. The Hall–Kier alpha value is -0.920. The molecule has 2 atom stereocenters. The Labute approximate surface area is 145 Å². The van der Waals surface area contributed by atoms with Gasteiger partial charge in [0.2, 0.25) is 0 Å². The summed E-state index contributed by atoms with van der Waals surface area (Å²) in [5.74, 6) is 13.2. The molecular formula is C22H36O. The molecule has 0 bridgehead atoms. The molecule has 0 aromatic rings. The van der Waals surface area contributed by atoms with E-state index in [1.54, 1.807) is 0 Å². The highest BCUT2D eigenvalue weighted by Gasteiger charge is 2.23. The van der Waals surface area contributed by atoms with Crippen LogP contribution in [0.25, 0.3) is 0 Å². The molecular weight excluding hydrogens is 280 g/mol. The molecule has 0 spiro atoms. The van der Waals surface area contributed by atoms with E-state index in [2.05, 4.69) is 37.5 Å². The lowest BCUT2D eigenvalue weighted by molar-refractivity contribution is 0.0514. The van der Waals surface area contributed by atoms with Crippen molar-refractivity contribution in [3.8, 4) is 23.7 Å². The van der Waals surface area contributed by atoms with E-state index >= 15 is 0 Å². The van der Waals surface area contributed by atoms with Crippen LogP contribution in [0.4, 0.5) is 0 Å². The molecule has 23 heavy (non-hydrogen) atoms.